The Morgan fingerprint density at radius 1 is 1.29 bits per heavy atom. The lowest BCUT2D eigenvalue weighted by Crippen LogP contribution is -2.38. The number of benzene rings is 1. The summed E-state index contributed by atoms with van der Waals surface area (Å²) >= 11 is 0. The molecule has 0 aliphatic heterocycles. The molecule has 0 amide bonds. The van der Waals surface area contributed by atoms with Gasteiger partial charge in [0.1, 0.15) is 10.7 Å². The molecule has 0 saturated heterocycles. The fourth-order valence-electron chi connectivity index (χ4n) is 2.15. The van der Waals surface area contributed by atoms with Gasteiger partial charge in [0.05, 0.1) is 6.61 Å². The van der Waals surface area contributed by atoms with Crippen LogP contribution < -0.4 is 0 Å². The smallest absolute Gasteiger partial charge is 0.246 e. The molecule has 6 heteroatoms. The Labute approximate surface area is 126 Å². The molecule has 0 radical (unpaired) electrons. The van der Waals surface area contributed by atoms with Crippen LogP contribution in [0.5, 0.6) is 0 Å². The third-order valence-electron chi connectivity index (χ3n) is 3.32. The van der Waals surface area contributed by atoms with Gasteiger partial charge in [-0.3, -0.25) is 0 Å². The third-order valence-corrected chi connectivity index (χ3v) is 5.43. The fraction of sp³-hybridized carbons (Fsp3) is 0.600. The van der Waals surface area contributed by atoms with Crippen LogP contribution in [-0.2, 0) is 16.6 Å². The summed E-state index contributed by atoms with van der Waals surface area (Å²) in [4.78, 5) is -0.329. The van der Waals surface area contributed by atoms with Crippen LogP contribution >= 0.6 is 0 Å². The zero-order valence-corrected chi connectivity index (χ0v) is 13.7. The first-order valence-electron chi connectivity index (χ1n) is 7.25. The van der Waals surface area contributed by atoms with Gasteiger partial charge in [0, 0.05) is 12.6 Å². The van der Waals surface area contributed by atoms with E-state index in [-0.39, 0.29) is 17.5 Å². The maximum absolute atomic E-state index is 14.0. The Balaban J connectivity index is 3.11. The molecule has 0 atom stereocenters. The number of hydrogen-bond donors (Lipinski definition) is 1. The van der Waals surface area contributed by atoms with Gasteiger partial charge in [0.2, 0.25) is 10.0 Å². The predicted octanol–water partition coefficient (Wildman–Crippen LogP) is 2.91. The topological polar surface area (TPSA) is 57.6 Å². The maximum Gasteiger partial charge on any atom is 0.246 e. The third kappa shape index (κ3) is 4.49. The van der Waals surface area contributed by atoms with Crippen LogP contribution in [0.2, 0.25) is 0 Å². The molecule has 0 saturated carbocycles. The maximum atomic E-state index is 14.0. The number of aliphatic hydroxyl groups is 1. The summed E-state index contributed by atoms with van der Waals surface area (Å²) in [5.74, 6) is -0.817. The quantitative estimate of drug-likeness (QED) is 0.750. The monoisotopic (exact) mass is 317 g/mol. The van der Waals surface area contributed by atoms with Gasteiger partial charge in [0.15, 0.2) is 0 Å². The van der Waals surface area contributed by atoms with E-state index >= 15 is 0 Å². The lowest BCUT2D eigenvalue weighted by molar-refractivity contribution is 0.281. The van der Waals surface area contributed by atoms with Crippen molar-refractivity contribution < 1.29 is 17.9 Å². The van der Waals surface area contributed by atoms with E-state index in [2.05, 4.69) is 0 Å². The fourth-order valence-corrected chi connectivity index (χ4v) is 3.87. The Bertz CT molecular complexity index is 558. The molecular weight excluding hydrogens is 293 g/mol. The Kier molecular flexibility index (Phi) is 6.77. The first-order chi connectivity index (χ1) is 9.84. The largest absolute Gasteiger partial charge is 0.392 e. The van der Waals surface area contributed by atoms with Crippen molar-refractivity contribution in [3.8, 4) is 0 Å². The second kappa shape index (κ2) is 7.87. The van der Waals surface area contributed by atoms with E-state index in [0.29, 0.717) is 12.1 Å². The van der Waals surface area contributed by atoms with E-state index in [4.69, 9.17) is 5.11 Å². The number of hydrogen-bond acceptors (Lipinski definition) is 3. The van der Waals surface area contributed by atoms with Crippen molar-refractivity contribution in [3.63, 3.8) is 0 Å². The Morgan fingerprint density at radius 2 is 1.95 bits per heavy atom. The molecule has 0 aliphatic carbocycles. The van der Waals surface area contributed by atoms with Gasteiger partial charge in [-0.05, 0) is 38.0 Å². The number of halogens is 1. The number of sulfonamides is 1. The summed E-state index contributed by atoms with van der Waals surface area (Å²) in [6.07, 6.45) is 2.68. The van der Waals surface area contributed by atoms with Gasteiger partial charge in [-0.25, -0.2) is 12.8 Å². The second-order valence-electron chi connectivity index (χ2n) is 5.34. The van der Waals surface area contributed by atoms with Crippen LogP contribution in [-0.4, -0.2) is 30.4 Å². The molecule has 0 aromatic heterocycles. The van der Waals surface area contributed by atoms with E-state index < -0.39 is 15.8 Å². The van der Waals surface area contributed by atoms with E-state index in [0.717, 1.165) is 25.3 Å². The van der Waals surface area contributed by atoms with Crippen LogP contribution in [0.4, 0.5) is 4.39 Å². The predicted molar refractivity (Wildman–Crippen MR) is 80.9 cm³/mol. The molecule has 1 rings (SSSR count). The van der Waals surface area contributed by atoms with E-state index in [9.17, 15) is 12.8 Å². The first-order valence-corrected chi connectivity index (χ1v) is 8.69. The van der Waals surface area contributed by atoms with Crippen LogP contribution in [0.15, 0.2) is 23.1 Å². The highest BCUT2D eigenvalue weighted by atomic mass is 32.2. The van der Waals surface area contributed by atoms with Crippen molar-refractivity contribution in [2.45, 2.75) is 57.6 Å². The molecule has 0 bridgehead atoms. The standard InChI is InChI=1S/C15H24FNO3S/c1-4-5-6-9-17(12(2)3)21(19,20)15-8-7-13(11-18)10-14(15)16/h7-8,10,12,18H,4-6,9,11H2,1-3H3. The number of rotatable bonds is 8. The molecule has 120 valence electrons. The van der Waals surface area contributed by atoms with Crippen molar-refractivity contribution in [1.82, 2.24) is 4.31 Å². The average Bonchev–Trinajstić information content (AvgIpc) is 2.42. The average molecular weight is 317 g/mol. The van der Waals surface area contributed by atoms with E-state index in [1.165, 1.54) is 16.4 Å². The van der Waals surface area contributed by atoms with Crippen molar-refractivity contribution >= 4 is 10.0 Å². The van der Waals surface area contributed by atoms with Gasteiger partial charge in [0.25, 0.3) is 0 Å². The van der Waals surface area contributed by atoms with Gasteiger partial charge >= 0.3 is 0 Å². The van der Waals surface area contributed by atoms with Crippen LogP contribution in [0.3, 0.4) is 0 Å². The molecule has 0 heterocycles. The SMILES string of the molecule is CCCCCN(C(C)C)S(=O)(=O)c1ccc(CO)cc1F. The normalized spacial score (nSPS) is 12.3. The van der Waals surface area contributed by atoms with Crippen LogP contribution in [0.25, 0.3) is 0 Å². The Morgan fingerprint density at radius 3 is 2.43 bits per heavy atom. The molecule has 4 nitrogen and oxygen atoms in total. The molecule has 0 spiro atoms. The minimum absolute atomic E-state index is 0.233. The minimum atomic E-state index is -3.86. The molecule has 0 aliphatic rings. The number of aliphatic hydroxyl groups excluding tert-OH is 1. The minimum Gasteiger partial charge on any atom is -0.392 e. The van der Waals surface area contributed by atoms with Gasteiger partial charge in [-0.2, -0.15) is 4.31 Å². The van der Waals surface area contributed by atoms with Crippen LogP contribution in [0.1, 0.15) is 45.6 Å². The zero-order chi connectivity index (χ0) is 16.0. The molecular formula is C15H24FNO3S. The van der Waals surface area contributed by atoms with Crippen molar-refractivity contribution in [2.75, 3.05) is 6.54 Å². The van der Waals surface area contributed by atoms with Crippen molar-refractivity contribution in [1.29, 1.82) is 0 Å². The summed E-state index contributed by atoms with van der Waals surface area (Å²) in [7, 11) is -3.86. The lowest BCUT2D eigenvalue weighted by atomic mass is 10.2. The molecule has 1 aromatic rings. The summed E-state index contributed by atoms with van der Waals surface area (Å²) in [6, 6.07) is 3.49. The zero-order valence-electron chi connectivity index (χ0n) is 12.8. The molecule has 1 aromatic carbocycles. The summed E-state index contributed by atoms with van der Waals surface area (Å²) in [5.41, 5.74) is 0.355. The highest BCUT2D eigenvalue weighted by Crippen LogP contribution is 2.23. The van der Waals surface area contributed by atoms with Crippen molar-refractivity contribution in [2.24, 2.45) is 0 Å². The van der Waals surface area contributed by atoms with Crippen molar-refractivity contribution in [3.05, 3.63) is 29.6 Å². The van der Waals surface area contributed by atoms with Gasteiger partial charge in [-0.15, -0.1) is 0 Å². The number of unbranched alkanes of at least 4 members (excludes halogenated alkanes) is 2. The molecule has 0 fully saturated rings. The Hall–Kier alpha value is -0.980. The molecule has 21 heavy (non-hydrogen) atoms. The number of nitrogens with zero attached hydrogens (tertiary/aromatic N) is 1. The molecule has 1 N–H and O–H groups in total. The highest BCUT2D eigenvalue weighted by molar-refractivity contribution is 7.89. The second-order valence-corrected chi connectivity index (χ2v) is 7.20. The van der Waals surface area contributed by atoms with E-state index in [1.54, 1.807) is 13.8 Å². The van der Waals surface area contributed by atoms with Gasteiger partial charge in [-0.1, -0.05) is 25.8 Å². The summed E-state index contributed by atoms with van der Waals surface area (Å²) in [5, 5.41) is 8.97. The van der Waals surface area contributed by atoms with E-state index in [1.807, 2.05) is 6.92 Å². The van der Waals surface area contributed by atoms with Gasteiger partial charge < -0.3 is 5.11 Å². The first kappa shape index (κ1) is 18.1. The summed E-state index contributed by atoms with van der Waals surface area (Å²) < 4.78 is 40.6. The lowest BCUT2D eigenvalue weighted by Gasteiger charge is -2.26. The summed E-state index contributed by atoms with van der Waals surface area (Å²) in [6.45, 7) is 5.67. The molecule has 0 unspecified atom stereocenters. The highest BCUT2D eigenvalue weighted by Gasteiger charge is 2.29. The van der Waals surface area contributed by atoms with Crippen LogP contribution in [0, 0.1) is 5.82 Å².